The zero-order valence-corrected chi connectivity index (χ0v) is 17.1. The lowest BCUT2D eigenvalue weighted by molar-refractivity contribution is 0.0916. The normalized spacial score (nSPS) is 12.9. The lowest BCUT2D eigenvalue weighted by atomic mass is 10.1. The molecule has 2 atom stereocenters. The van der Waals surface area contributed by atoms with Gasteiger partial charge < -0.3 is 25.4 Å². The van der Waals surface area contributed by atoms with Crippen LogP contribution in [0.25, 0.3) is 5.82 Å². The molecule has 0 radical (unpaired) electrons. The van der Waals surface area contributed by atoms with E-state index in [9.17, 15) is 15.0 Å². The molecule has 8 nitrogen and oxygen atoms in total. The highest BCUT2D eigenvalue weighted by atomic mass is 16.3. The molecule has 3 aromatic rings. The molecule has 1 aromatic carbocycles. The summed E-state index contributed by atoms with van der Waals surface area (Å²) >= 11 is 0. The van der Waals surface area contributed by atoms with Crippen LogP contribution < -0.4 is 10.6 Å². The van der Waals surface area contributed by atoms with Crippen molar-refractivity contribution in [1.82, 2.24) is 19.9 Å². The zero-order chi connectivity index (χ0) is 21.5. The molecule has 3 rings (SSSR count). The Kier molecular flexibility index (Phi) is 7.16. The summed E-state index contributed by atoms with van der Waals surface area (Å²) < 4.78 is 1.76. The van der Waals surface area contributed by atoms with Crippen molar-refractivity contribution in [2.24, 2.45) is 0 Å². The molecule has 1 amide bonds. The average Bonchev–Trinajstić information content (AvgIpc) is 3.27. The van der Waals surface area contributed by atoms with Crippen molar-refractivity contribution < 1.29 is 15.0 Å². The van der Waals surface area contributed by atoms with Crippen LogP contribution in [0.2, 0.25) is 0 Å². The van der Waals surface area contributed by atoms with E-state index in [1.54, 1.807) is 29.2 Å². The minimum absolute atomic E-state index is 0.00958. The highest BCUT2D eigenvalue weighted by Crippen LogP contribution is 2.17. The van der Waals surface area contributed by atoms with Crippen molar-refractivity contribution in [3.05, 3.63) is 71.7 Å². The van der Waals surface area contributed by atoms with Crippen LogP contribution in [0.5, 0.6) is 0 Å². The summed E-state index contributed by atoms with van der Waals surface area (Å²) in [7, 11) is 0. The molecule has 1 unspecified atom stereocenters. The van der Waals surface area contributed by atoms with Gasteiger partial charge in [-0.15, -0.1) is 0 Å². The van der Waals surface area contributed by atoms with Gasteiger partial charge in [-0.25, -0.2) is 4.98 Å². The van der Waals surface area contributed by atoms with Crippen LogP contribution in [-0.2, 0) is 0 Å². The molecule has 0 bridgehead atoms. The van der Waals surface area contributed by atoms with E-state index in [1.165, 1.54) is 0 Å². The first-order valence-corrected chi connectivity index (χ1v) is 9.91. The van der Waals surface area contributed by atoms with Crippen LogP contribution >= 0.6 is 0 Å². The first kappa shape index (κ1) is 21.5. The molecule has 0 fully saturated rings. The third-order valence-electron chi connectivity index (χ3n) is 4.88. The fraction of sp³-hybridized carbons (Fsp3) is 0.318. The summed E-state index contributed by atoms with van der Waals surface area (Å²) in [6.45, 7) is 3.65. The molecule has 8 heteroatoms. The van der Waals surface area contributed by atoms with Crippen LogP contribution in [0.1, 0.15) is 40.9 Å². The van der Waals surface area contributed by atoms with Gasteiger partial charge in [0, 0.05) is 24.2 Å². The fourth-order valence-electron chi connectivity index (χ4n) is 3.05. The maximum atomic E-state index is 12.7. The first-order valence-electron chi connectivity index (χ1n) is 9.91. The van der Waals surface area contributed by atoms with E-state index in [2.05, 4.69) is 20.6 Å². The van der Waals surface area contributed by atoms with E-state index in [4.69, 9.17) is 0 Å². The van der Waals surface area contributed by atoms with Gasteiger partial charge in [0.05, 0.1) is 30.9 Å². The number of hydrogen-bond acceptors (Lipinski definition) is 6. The number of aryl methyl sites for hydroxylation is 1. The predicted octanol–water partition coefficient (Wildman–Crippen LogP) is 2.22. The number of nitrogens with one attached hydrogen (secondary N) is 2. The molecular formula is C22H27N5O3. The number of anilines is 1. The van der Waals surface area contributed by atoms with Gasteiger partial charge in [0.1, 0.15) is 5.82 Å². The molecule has 0 aliphatic heterocycles. The summed E-state index contributed by atoms with van der Waals surface area (Å²) in [6, 6.07) is 10.4. The second kappa shape index (κ2) is 10.00. The standard InChI is InChI=1S/C22H27N5O3/c1-3-18(13-28)24-22-23-11-15(2)20(26-22)27-10-9-17(12-27)21(30)25-19(14-29)16-7-5-4-6-8-16/h4-12,18-19,28-29H,3,13-14H2,1-2H3,(H,25,30)(H,23,24,26)/t18-,19?/m0/s1. The Morgan fingerprint density at radius 3 is 2.60 bits per heavy atom. The van der Waals surface area contributed by atoms with Crippen molar-refractivity contribution in [3.8, 4) is 5.82 Å². The van der Waals surface area contributed by atoms with Crippen molar-refractivity contribution >= 4 is 11.9 Å². The molecule has 0 spiro atoms. The predicted molar refractivity (Wildman–Crippen MR) is 115 cm³/mol. The summed E-state index contributed by atoms with van der Waals surface area (Å²) in [4.78, 5) is 21.5. The molecule has 2 heterocycles. The summed E-state index contributed by atoms with van der Waals surface area (Å²) in [5, 5.41) is 25.0. The highest BCUT2D eigenvalue weighted by molar-refractivity contribution is 5.94. The summed E-state index contributed by atoms with van der Waals surface area (Å²) in [6.07, 6.45) is 5.89. The van der Waals surface area contributed by atoms with Gasteiger partial charge in [-0.1, -0.05) is 37.3 Å². The molecule has 0 saturated heterocycles. The van der Waals surface area contributed by atoms with Crippen molar-refractivity contribution in [2.45, 2.75) is 32.4 Å². The van der Waals surface area contributed by atoms with E-state index in [-0.39, 0.29) is 25.2 Å². The van der Waals surface area contributed by atoms with Gasteiger partial charge >= 0.3 is 0 Å². The summed E-state index contributed by atoms with van der Waals surface area (Å²) in [5.41, 5.74) is 2.14. The van der Waals surface area contributed by atoms with Gasteiger partial charge in [0.2, 0.25) is 5.95 Å². The first-order chi connectivity index (χ1) is 14.5. The molecule has 4 N–H and O–H groups in total. The van der Waals surface area contributed by atoms with Gasteiger partial charge in [0.15, 0.2) is 0 Å². The molecule has 2 aromatic heterocycles. The number of rotatable bonds is 9. The second-order valence-electron chi connectivity index (χ2n) is 7.06. The highest BCUT2D eigenvalue weighted by Gasteiger charge is 2.17. The number of aromatic nitrogens is 3. The second-order valence-corrected chi connectivity index (χ2v) is 7.06. The molecule has 0 aliphatic rings. The number of aliphatic hydroxyl groups excluding tert-OH is 2. The smallest absolute Gasteiger partial charge is 0.253 e. The van der Waals surface area contributed by atoms with Gasteiger partial charge in [-0.05, 0) is 25.0 Å². The number of nitrogens with zero attached hydrogens (tertiary/aromatic N) is 3. The molecular weight excluding hydrogens is 382 g/mol. The minimum Gasteiger partial charge on any atom is -0.394 e. The number of aliphatic hydroxyl groups is 2. The SMILES string of the molecule is CC[C@@H](CO)Nc1ncc(C)c(-n2ccc(C(=O)NC(CO)c3ccccc3)c2)n1. The van der Waals surface area contributed by atoms with Crippen LogP contribution in [0.15, 0.2) is 55.0 Å². The zero-order valence-electron chi connectivity index (χ0n) is 17.1. The Morgan fingerprint density at radius 2 is 1.93 bits per heavy atom. The van der Waals surface area contributed by atoms with E-state index >= 15 is 0 Å². The van der Waals surface area contributed by atoms with Crippen LogP contribution in [-0.4, -0.2) is 49.9 Å². The van der Waals surface area contributed by atoms with Crippen LogP contribution in [0.3, 0.4) is 0 Å². The third kappa shape index (κ3) is 5.03. The number of amides is 1. The molecule has 0 aliphatic carbocycles. The fourth-order valence-corrected chi connectivity index (χ4v) is 3.05. The van der Waals surface area contributed by atoms with E-state index in [0.717, 1.165) is 17.5 Å². The number of hydrogen-bond donors (Lipinski definition) is 4. The maximum Gasteiger partial charge on any atom is 0.253 e. The van der Waals surface area contributed by atoms with Crippen LogP contribution in [0, 0.1) is 6.92 Å². The third-order valence-corrected chi connectivity index (χ3v) is 4.88. The maximum absolute atomic E-state index is 12.7. The number of carbonyl (C=O) groups excluding carboxylic acids is 1. The number of benzene rings is 1. The quantitative estimate of drug-likeness (QED) is 0.431. The van der Waals surface area contributed by atoms with Gasteiger partial charge in [-0.3, -0.25) is 4.79 Å². The lowest BCUT2D eigenvalue weighted by Crippen LogP contribution is -2.30. The minimum atomic E-state index is -0.483. The molecule has 158 valence electrons. The Hall–Kier alpha value is -3.23. The van der Waals surface area contributed by atoms with Crippen molar-refractivity contribution in [2.75, 3.05) is 18.5 Å². The number of carbonyl (C=O) groups is 1. The Labute approximate surface area is 175 Å². The van der Waals surface area contributed by atoms with E-state index < -0.39 is 6.04 Å². The van der Waals surface area contributed by atoms with E-state index in [0.29, 0.717) is 17.3 Å². The molecule has 30 heavy (non-hydrogen) atoms. The van der Waals surface area contributed by atoms with E-state index in [1.807, 2.05) is 44.2 Å². The van der Waals surface area contributed by atoms with Crippen molar-refractivity contribution in [3.63, 3.8) is 0 Å². The van der Waals surface area contributed by atoms with Crippen LogP contribution in [0.4, 0.5) is 5.95 Å². The largest absolute Gasteiger partial charge is 0.394 e. The topological polar surface area (TPSA) is 112 Å². The summed E-state index contributed by atoms with van der Waals surface area (Å²) in [5.74, 6) is 0.773. The average molecular weight is 409 g/mol. The van der Waals surface area contributed by atoms with Gasteiger partial charge in [0.25, 0.3) is 5.91 Å². The monoisotopic (exact) mass is 409 g/mol. The van der Waals surface area contributed by atoms with Crippen molar-refractivity contribution in [1.29, 1.82) is 0 Å². The Bertz CT molecular complexity index is 970. The Balaban J connectivity index is 1.78. The Morgan fingerprint density at radius 1 is 1.17 bits per heavy atom. The lowest BCUT2D eigenvalue weighted by Gasteiger charge is -2.16. The van der Waals surface area contributed by atoms with Gasteiger partial charge in [-0.2, -0.15) is 4.98 Å². The molecule has 0 saturated carbocycles.